The molecule has 1 unspecified atom stereocenters. The molecule has 3 rings (SSSR count). The molecular weight excluding hydrogens is 260 g/mol. The number of aliphatic hydroxyl groups is 1. The fourth-order valence-electron chi connectivity index (χ4n) is 2.78. The first kappa shape index (κ1) is 13.7. The van der Waals surface area contributed by atoms with Crippen LogP contribution in [0.2, 0.25) is 0 Å². The molecule has 3 aromatic rings. The number of nitrogens with one attached hydrogen (secondary N) is 1. The van der Waals surface area contributed by atoms with E-state index in [1.165, 1.54) is 16.5 Å². The second-order valence-corrected chi connectivity index (χ2v) is 5.40. The molecule has 0 amide bonds. The van der Waals surface area contributed by atoms with Gasteiger partial charge in [0.25, 0.3) is 0 Å². The molecule has 0 aliphatic carbocycles. The van der Waals surface area contributed by atoms with Gasteiger partial charge in [0, 0.05) is 41.9 Å². The number of aromatic nitrogens is 1. The first-order valence-corrected chi connectivity index (χ1v) is 7.20. The van der Waals surface area contributed by atoms with Gasteiger partial charge in [0.2, 0.25) is 0 Å². The zero-order valence-corrected chi connectivity index (χ0v) is 12.4. The highest BCUT2D eigenvalue weighted by Gasteiger charge is 2.09. The zero-order chi connectivity index (χ0) is 14.8. The Labute approximate surface area is 124 Å². The van der Waals surface area contributed by atoms with Crippen LogP contribution in [0.5, 0.6) is 0 Å². The predicted molar refractivity (Wildman–Crippen MR) is 87.3 cm³/mol. The average molecular weight is 280 g/mol. The SMILES string of the molecule is CC(O)c1ccccc1NCc1cn(C)c2ccccc12. The minimum atomic E-state index is -0.471. The average Bonchev–Trinajstić information content (AvgIpc) is 2.82. The van der Waals surface area contributed by atoms with Gasteiger partial charge in [0.1, 0.15) is 0 Å². The van der Waals surface area contributed by atoms with E-state index in [4.69, 9.17) is 0 Å². The number of rotatable bonds is 4. The first-order valence-electron chi connectivity index (χ1n) is 7.20. The highest BCUT2D eigenvalue weighted by molar-refractivity contribution is 5.84. The number of aliphatic hydroxyl groups excluding tert-OH is 1. The largest absolute Gasteiger partial charge is 0.389 e. The molecule has 1 aromatic heterocycles. The van der Waals surface area contributed by atoms with Crippen LogP contribution >= 0.6 is 0 Å². The summed E-state index contributed by atoms with van der Waals surface area (Å²) in [5.41, 5.74) is 4.41. The standard InChI is InChI=1S/C18H20N2O/c1-13(21)15-7-3-5-9-17(15)19-11-14-12-20(2)18-10-6-4-8-16(14)18/h3-10,12-13,19,21H,11H2,1-2H3. The summed E-state index contributed by atoms with van der Waals surface area (Å²) in [6.45, 7) is 2.53. The molecule has 3 heteroatoms. The Morgan fingerprint density at radius 3 is 2.62 bits per heavy atom. The van der Waals surface area contributed by atoms with Gasteiger partial charge in [-0.3, -0.25) is 0 Å². The lowest BCUT2D eigenvalue weighted by atomic mass is 10.1. The van der Waals surface area contributed by atoms with E-state index in [0.717, 1.165) is 17.8 Å². The maximum absolute atomic E-state index is 9.83. The minimum absolute atomic E-state index is 0.471. The molecule has 2 aromatic carbocycles. The van der Waals surface area contributed by atoms with E-state index in [-0.39, 0.29) is 0 Å². The van der Waals surface area contributed by atoms with E-state index < -0.39 is 6.10 Å². The summed E-state index contributed by atoms with van der Waals surface area (Å²) < 4.78 is 2.15. The maximum atomic E-state index is 9.83. The Hall–Kier alpha value is -2.26. The number of para-hydroxylation sites is 2. The summed E-state index contributed by atoms with van der Waals surface area (Å²) in [7, 11) is 2.07. The Morgan fingerprint density at radius 2 is 1.81 bits per heavy atom. The maximum Gasteiger partial charge on any atom is 0.0781 e. The molecule has 108 valence electrons. The summed E-state index contributed by atoms with van der Waals surface area (Å²) in [4.78, 5) is 0. The molecule has 0 saturated heterocycles. The lowest BCUT2D eigenvalue weighted by Crippen LogP contribution is -2.03. The van der Waals surface area contributed by atoms with Crippen LogP contribution < -0.4 is 5.32 Å². The van der Waals surface area contributed by atoms with Crippen molar-refractivity contribution in [2.75, 3.05) is 5.32 Å². The lowest BCUT2D eigenvalue weighted by molar-refractivity contribution is 0.200. The van der Waals surface area contributed by atoms with Crippen LogP contribution in [-0.4, -0.2) is 9.67 Å². The van der Waals surface area contributed by atoms with Crippen LogP contribution in [0, 0.1) is 0 Å². The summed E-state index contributed by atoms with van der Waals surface area (Å²) >= 11 is 0. The van der Waals surface area contributed by atoms with E-state index in [1.807, 2.05) is 24.3 Å². The number of fused-ring (bicyclic) bond motifs is 1. The molecule has 0 fully saturated rings. The predicted octanol–water partition coefficient (Wildman–Crippen LogP) is 3.84. The van der Waals surface area contributed by atoms with Crippen molar-refractivity contribution in [3.8, 4) is 0 Å². The number of hydrogen-bond acceptors (Lipinski definition) is 2. The molecule has 2 N–H and O–H groups in total. The van der Waals surface area contributed by atoms with Crippen molar-refractivity contribution < 1.29 is 5.11 Å². The third-order valence-corrected chi connectivity index (χ3v) is 3.86. The number of hydrogen-bond donors (Lipinski definition) is 2. The Balaban J connectivity index is 1.88. The topological polar surface area (TPSA) is 37.2 Å². The molecule has 0 radical (unpaired) electrons. The molecule has 21 heavy (non-hydrogen) atoms. The van der Waals surface area contributed by atoms with Crippen LogP contribution in [0.3, 0.4) is 0 Å². The molecule has 0 aliphatic heterocycles. The monoisotopic (exact) mass is 280 g/mol. The third kappa shape index (κ3) is 2.65. The summed E-state index contributed by atoms with van der Waals surface area (Å²) in [6, 6.07) is 16.3. The van der Waals surface area contributed by atoms with Gasteiger partial charge in [-0.1, -0.05) is 36.4 Å². The first-order chi connectivity index (χ1) is 10.2. The van der Waals surface area contributed by atoms with E-state index in [2.05, 4.69) is 47.4 Å². The van der Waals surface area contributed by atoms with Crippen molar-refractivity contribution in [1.29, 1.82) is 0 Å². The number of anilines is 1. The van der Waals surface area contributed by atoms with Crippen molar-refractivity contribution >= 4 is 16.6 Å². The van der Waals surface area contributed by atoms with Crippen LogP contribution in [-0.2, 0) is 13.6 Å². The normalized spacial score (nSPS) is 12.5. The van der Waals surface area contributed by atoms with Crippen molar-refractivity contribution in [3.63, 3.8) is 0 Å². The van der Waals surface area contributed by atoms with Crippen LogP contribution in [0.1, 0.15) is 24.2 Å². The quantitative estimate of drug-likeness (QED) is 0.762. The molecule has 0 aliphatic rings. The Morgan fingerprint density at radius 1 is 1.10 bits per heavy atom. The van der Waals surface area contributed by atoms with Gasteiger partial charge in [0.05, 0.1) is 6.10 Å². The van der Waals surface area contributed by atoms with E-state index in [9.17, 15) is 5.11 Å². The van der Waals surface area contributed by atoms with Gasteiger partial charge in [-0.25, -0.2) is 0 Å². The van der Waals surface area contributed by atoms with Crippen LogP contribution in [0.4, 0.5) is 5.69 Å². The molecule has 0 spiro atoms. The van der Waals surface area contributed by atoms with E-state index in [1.54, 1.807) is 6.92 Å². The number of benzene rings is 2. The van der Waals surface area contributed by atoms with Gasteiger partial charge in [-0.15, -0.1) is 0 Å². The molecule has 3 nitrogen and oxygen atoms in total. The fraction of sp³-hybridized carbons (Fsp3) is 0.222. The van der Waals surface area contributed by atoms with E-state index in [0.29, 0.717) is 0 Å². The smallest absolute Gasteiger partial charge is 0.0781 e. The fourth-order valence-corrected chi connectivity index (χ4v) is 2.78. The third-order valence-electron chi connectivity index (χ3n) is 3.86. The van der Waals surface area contributed by atoms with E-state index >= 15 is 0 Å². The van der Waals surface area contributed by atoms with Crippen LogP contribution in [0.25, 0.3) is 10.9 Å². The summed E-state index contributed by atoms with van der Waals surface area (Å²) in [5.74, 6) is 0. The number of nitrogens with zero attached hydrogens (tertiary/aromatic N) is 1. The van der Waals surface area contributed by atoms with Gasteiger partial charge in [0.15, 0.2) is 0 Å². The summed E-state index contributed by atoms with van der Waals surface area (Å²) in [5, 5.41) is 14.5. The van der Waals surface area contributed by atoms with Gasteiger partial charge < -0.3 is 15.0 Å². The second kappa shape index (κ2) is 5.62. The van der Waals surface area contributed by atoms with Gasteiger partial charge >= 0.3 is 0 Å². The van der Waals surface area contributed by atoms with Gasteiger partial charge in [-0.05, 0) is 24.6 Å². The Bertz CT molecular complexity index is 759. The molecular formula is C18H20N2O. The molecule has 1 heterocycles. The summed E-state index contributed by atoms with van der Waals surface area (Å²) in [6.07, 6.45) is 1.68. The Kier molecular flexibility index (Phi) is 3.67. The zero-order valence-electron chi connectivity index (χ0n) is 12.4. The van der Waals surface area contributed by atoms with Crippen molar-refractivity contribution in [3.05, 3.63) is 65.9 Å². The second-order valence-electron chi connectivity index (χ2n) is 5.40. The number of aryl methyl sites for hydroxylation is 1. The van der Waals surface area contributed by atoms with Crippen LogP contribution in [0.15, 0.2) is 54.7 Å². The molecule has 1 atom stereocenters. The molecule has 0 bridgehead atoms. The van der Waals surface area contributed by atoms with Crippen molar-refractivity contribution in [2.24, 2.45) is 7.05 Å². The van der Waals surface area contributed by atoms with Crippen molar-refractivity contribution in [2.45, 2.75) is 19.6 Å². The van der Waals surface area contributed by atoms with Crippen molar-refractivity contribution in [1.82, 2.24) is 4.57 Å². The van der Waals surface area contributed by atoms with Gasteiger partial charge in [-0.2, -0.15) is 0 Å². The highest BCUT2D eigenvalue weighted by Crippen LogP contribution is 2.25. The lowest BCUT2D eigenvalue weighted by Gasteiger charge is -2.13. The minimum Gasteiger partial charge on any atom is -0.389 e. The molecule has 0 saturated carbocycles. The highest BCUT2D eigenvalue weighted by atomic mass is 16.3.